The van der Waals surface area contributed by atoms with Crippen molar-refractivity contribution in [1.82, 2.24) is 5.32 Å². The quantitative estimate of drug-likeness (QED) is 0.381. The lowest BCUT2D eigenvalue weighted by Gasteiger charge is -2.30. The predicted octanol–water partition coefficient (Wildman–Crippen LogP) is 5.04. The van der Waals surface area contributed by atoms with E-state index in [4.69, 9.17) is 9.47 Å². The number of ketones is 1. The van der Waals surface area contributed by atoms with Crippen LogP contribution in [0.2, 0.25) is 0 Å². The van der Waals surface area contributed by atoms with Crippen LogP contribution in [0.15, 0.2) is 53.2 Å². The molecule has 154 valence electrons. The second-order valence-electron chi connectivity index (χ2n) is 6.99. The summed E-state index contributed by atoms with van der Waals surface area (Å²) in [4.78, 5) is 26.5. The zero-order valence-corrected chi connectivity index (χ0v) is 21.0. The number of hydrogen-bond acceptors (Lipinski definition) is 5. The number of methoxy groups -OCH3 is 1. The van der Waals surface area contributed by atoms with Crippen molar-refractivity contribution in [3.05, 3.63) is 77.1 Å². The van der Waals surface area contributed by atoms with Crippen LogP contribution < -0.4 is 10.1 Å². The van der Waals surface area contributed by atoms with Gasteiger partial charge in [0.2, 0.25) is 0 Å². The molecule has 1 aliphatic carbocycles. The van der Waals surface area contributed by atoms with Crippen LogP contribution in [-0.4, -0.2) is 25.5 Å². The molecule has 1 heterocycles. The van der Waals surface area contributed by atoms with Gasteiger partial charge in [0.15, 0.2) is 5.78 Å². The van der Waals surface area contributed by atoms with Crippen molar-refractivity contribution in [3.8, 4) is 5.75 Å². The third kappa shape index (κ3) is 3.35. The van der Waals surface area contributed by atoms with E-state index in [2.05, 4.69) is 50.5 Å². The Bertz CT molecular complexity index is 1150. The van der Waals surface area contributed by atoms with Crippen LogP contribution in [0.5, 0.6) is 5.75 Å². The average molecular weight is 627 g/mol. The van der Waals surface area contributed by atoms with Crippen molar-refractivity contribution in [2.24, 2.45) is 0 Å². The lowest BCUT2D eigenvalue weighted by atomic mass is 9.79. The second kappa shape index (κ2) is 8.33. The highest BCUT2D eigenvalue weighted by atomic mass is 127. The molecule has 0 unspecified atom stereocenters. The SMILES string of the molecule is CCOC(=O)C1=C(C)NC2=C(C(=O)c3ccccc32)[C@H]1c1cc(I)cc(I)c1OC. The number of dihydropyridines is 1. The molecule has 1 atom stereocenters. The number of halogens is 2. The molecular formula is C23H19I2NO4. The molecule has 0 saturated carbocycles. The minimum atomic E-state index is -0.585. The average Bonchev–Trinajstić information content (AvgIpc) is 2.99. The molecule has 0 saturated heterocycles. The largest absolute Gasteiger partial charge is 0.495 e. The second-order valence-corrected chi connectivity index (χ2v) is 9.40. The highest BCUT2D eigenvalue weighted by Crippen LogP contribution is 2.49. The van der Waals surface area contributed by atoms with Gasteiger partial charge in [0.25, 0.3) is 0 Å². The van der Waals surface area contributed by atoms with Gasteiger partial charge in [-0.1, -0.05) is 24.3 Å². The first kappa shape index (κ1) is 21.4. The number of ether oxygens (including phenoxy) is 2. The van der Waals surface area contributed by atoms with Crippen LogP contribution in [0.4, 0.5) is 0 Å². The molecule has 0 spiro atoms. The number of Topliss-reactive ketones (excluding diaryl/α,β-unsaturated/α-hetero) is 1. The van der Waals surface area contributed by atoms with Gasteiger partial charge in [-0.05, 0) is 71.2 Å². The number of benzene rings is 2. The Labute approximate surface area is 202 Å². The fourth-order valence-corrected chi connectivity index (χ4v) is 6.24. The van der Waals surface area contributed by atoms with Crippen molar-refractivity contribution in [2.75, 3.05) is 13.7 Å². The predicted molar refractivity (Wildman–Crippen MR) is 131 cm³/mol. The van der Waals surface area contributed by atoms with E-state index in [1.54, 1.807) is 14.0 Å². The third-order valence-electron chi connectivity index (χ3n) is 5.30. The van der Waals surface area contributed by atoms with E-state index in [0.29, 0.717) is 28.2 Å². The maximum atomic E-state index is 13.5. The lowest BCUT2D eigenvalue weighted by molar-refractivity contribution is -0.138. The van der Waals surface area contributed by atoms with Crippen LogP contribution in [0.1, 0.15) is 41.3 Å². The molecule has 1 aliphatic heterocycles. The molecule has 0 bridgehead atoms. The van der Waals surface area contributed by atoms with E-state index in [9.17, 15) is 9.59 Å². The van der Waals surface area contributed by atoms with Crippen molar-refractivity contribution in [1.29, 1.82) is 0 Å². The third-order valence-corrected chi connectivity index (χ3v) is 6.72. The Balaban J connectivity index is 2.02. The van der Waals surface area contributed by atoms with Gasteiger partial charge in [0, 0.05) is 31.5 Å². The normalized spacial score (nSPS) is 17.5. The Morgan fingerprint density at radius 1 is 1.17 bits per heavy atom. The molecule has 30 heavy (non-hydrogen) atoms. The Morgan fingerprint density at radius 2 is 1.87 bits per heavy atom. The Hall–Kier alpha value is -1.88. The van der Waals surface area contributed by atoms with Gasteiger partial charge in [-0.3, -0.25) is 4.79 Å². The van der Waals surface area contributed by atoms with Gasteiger partial charge in [-0.2, -0.15) is 0 Å². The van der Waals surface area contributed by atoms with Crippen LogP contribution in [0.25, 0.3) is 5.70 Å². The molecule has 2 aromatic carbocycles. The summed E-state index contributed by atoms with van der Waals surface area (Å²) in [6, 6.07) is 11.5. The topological polar surface area (TPSA) is 64.6 Å². The smallest absolute Gasteiger partial charge is 0.336 e. The molecule has 4 rings (SSSR count). The fraction of sp³-hybridized carbons (Fsp3) is 0.217. The molecule has 5 nitrogen and oxygen atoms in total. The number of carbonyl (C=O) groups is 2. The zero-order valence-electron chi connectivity index (χ0n) is 16.6. The molecule has 0 fully saturated rings. The lowest BCUT2D eigenvalue weighted by Crippen LogP contribution is -2.29. The van der Waals surface area contributed by atoms with Crippen LogP contribution in [0, 0.1) is 7.14 Å². The summed E-state index contributed by atoms with van der Waals surface area (Å²) in [5.74, 6) is -0.437. The van der Waals surface area contributed by atoms with Crippen LogP contribution in [0.3, 0.4) is 0 Å². The van der Waals surface area contributed by atoms with E-state index < -0.39 is 11.9 Å². The molecule has 7 heteroatoms. The number of carbonyl (C=O) groups excluding carboxylic acids is 2. The van der Waals surface area contributed by atoms with Crippen molar-refractivity contribution in [3.63, 3.8) is 0 Å². The van der Waals surface area contributed by atoms with Crippen LogP contribution in [-0.2, 0) is 9.53 Å². The summed E-state index contributed by atoms with van der Waals surface area (Å²) >= 11 is 4.46. The standard InChI is InChI=1S/C23H19I2NO4/c1-4-30-23(28)17-11(2)26-20-13-7-5-6-8-14(13)21(27)19(20)18(17)15-9-12(24)10-16(25)22(15)29-3/h5-10,18,26H,4H2,1-3H3/t18-/m0/s1. The number of allylic oxidation sites excluding steroid dienone is 2. The first-order chi connectivity index (χ1) is 14.4. The number of esters is 1. The highest BCUT2D eigenvalue weighted by Gasteiger charge is 2.44. The maximum absolute atomic E-state index is 13.5. The fourth-order valence-electron chi connectivity index (χ4n) is 4.13. The van der Waals surface area contributed by atoms with E-state index in [0.717, 1.165) is 24.0 Å². The maximum Gasteiger partial charge on any atom is 0.336 e. The summed E-state index contributed by atoms with van der Waals surface area (Å²) in [6.45, 7) is 3.87. The number of nitrogens with one attached hydrogen (secondary N) is 1. The van der Waals surface area contributed by atoms with Gasteiger partial charge in [0.1, 0.15) is 5.75 Å². The number of hydrogen-bond donors (Lipinski definition) is 1. The summed E-state index contributed by atoms with van der Waals surface area (Å²) in [5.41, 5.74) is 4.70. The summed E-state index contributed by atoms with van der Waals surface area (Å²) < 4.78 is 13.0. The molecule has 2 aromatic rings. The molecular weight excluding hydrogens is 608 g/mol. The highest BCUT2D eigenvalue weighted by molar-refractivity contribution is 14.1. The minimum Gasteiger partial charge on any atom is -0.495 e. The van der Waals surface area contributed by atoms with Crippen molar-refractivity contribution >= 4 is 62.6 Å². The van der Waals surface area contributed by atoms with Crippen LogP contribution >= 0.6 is 45.2 Å². The zero-order chi connectivity index (χ0) is 21.6. The van der Waals surface area contributed by atoms with Crippen molar-refractivity contribution in [2.45, 2.75) is 19.8 Å². The molecule has 2 aliphatic rings. The Kier molecular flexibility index (Phi) is 5.93. The van der Waals surface area contributed by atoms with Crippen molar-refractivity contribution < 1.29 is 19.1 Å². The van der Waals surface area contributed by atoms with Gasteiger partial charge < -0.3 is 14.8 Å². The molecule has 0 radical (unpaired) electrons. The van der Waals surface area contributed by atoms with Gasteiger partial charge >= 0.3 is 5.97 Å². The van der Waals surface area contributed by atoms with Gasteiger partial charge in [-0.15, -0.1) is 0 Å². The summed E-state index contributed by atoms with van der Waals surface area (Å²) in [6.07, 6.45) is 0. The summed E-state index contributed by atoms with van der Waals surface area (Å²) in [7, 11) is 1.61. The van der Waals surface area contributed by atoms with E-state index in [1.807, 2.05) is 43.3 Å². The summed E-state index contributed by atoms with van der Waals surface area (Å²) in [5, 5.41) is 3.31. The first-order valence-electron chi connectivity index (χ1n) is 9.45. The van der Waals surface area contributed by atoms with Gasteiger partial charge in [-0.25, -0.2) is 4.79 Å². The molecule has 0 aromatic heterocycles. The van der Waals surface area contributed by atoms with E-state index in [-0.39, 0.29) is 12.4 Å². The first-order valence-corrected chi connectivity index (χ1v) is 11.6. The van der Waals surface area contributed by atoms with E-state index >= 15 is 0 Å². The monoisotopic (exact) mass is 627 g/mol. The Morgan fingerprint density at radius 3 is 2.53 bits per heavy atom. The number of rotatable bonds is 4. The van der Waals surface area contributed by atoms with E-state index in [1.165, 1.54) is 0 Å². The van der Waals surface area contributed by atoms with Gasteiger partial charge in [0.05, 0.1) is 34.5 Å². The minimum absolute atomic E-state index is 0.0803. The number of fused-ring (bicyclic) bond motifs is 2. The molecule has 1 N–H and O–H groups in total. The molecule has 0 amide bonds.